The van der Waals surface area contributed by atoms with Gasteiger partial charge in [-0.15, -0.1) is 0 Å². The lowest BCUT2D eigenvalue weighted by Gasteiger charge is -2.08. The molecule has 0 aliphatic rings. The van der Waals surface area contributed by atoms with Crippen LogP contribution in [0.1, 0.15) is 5.56 Å². The number of aliphatic imine (C=N–C) groups is 1. The van der Waals surface area contributed by atoms with Crippen molar-refractivity contribution in [2.75, 3.05) is 20.6 Å². The van der Waals surface area contributed by atoms with Gasteiger partial charge in [0.2, 0.25) is 0 Å². The topological polar surface area (TPSA) is 67.6 Å². The highest BCUT2D eigenvalue weighted by Gasteiger charge is 1.97. The number of amidine groups is 1. The first-order chi connectivity index (χ1) is 7.11. The van der Waals surface area contributed by atoms with Crippen LogP contribution >= 0.6 is 0 Å². The van der Waals surface area contributed by atoms with E-state index in [-0.39, 0.29) is 0 Å². The molecule has 4 N–H and O–H groups in total. The van der Waals surface area contributed by atoms with Crippen molar-refractivity contribution in [3.63, 3.8) is 0 Å². The molecule has 1 rings (SSSR count). The lowest BCUT2D eigenvalue weighted by molar-refractivity contribution is 0.468. The van der Waals surface area contributed by atoms with Gasteiger partial charge >= 0.3 is 0 Å². The first-order valence-electron chi connectivity index (χ1n) is 4.88. The van der Waals surface area contributed by atoms with Crippen LogP contribution in [0.5, 0.6) is 0 Å². The summed E-state index contributed by atoms with van der Waals surface area (Å²) in [6, 6.07) is 7.77. The average Bonchev–Trinajstić information content (AvgIpc) is 2.16. The van der Waals surface area contributed by atoms with Gasteiger partial charge in [-0.2, -0.15) is 0 Å². The smallest absolute Gasteiger partial charge is 0.114 e. The van der Waals surface area contributed by atoms with E-state index in [0.717, 1.165) is 11.3 Å². The molecule has 0 bridgehead atoms. The van der Waals surface area contributed by atoms with Crippen molar-refractivity contribution in [3.8, 4) is 0 Å². The minimum atomic E-state index is 0.525. The molecule has 0 saturated heterocycles. The zero-order chi connectivity index (χ0) is 11.3. The monoisotopic (exact) mass is 206 g/mol. The third kappa shape index (κ3) is 4.10. The predicted octanol–water partition coefficient (Wildman–Crippen LogP) is 0.696. The Morgan fingerprint density at radius 1 is 1.40 bits per heavy atom. The molecular weight excluding hydrogens is 188 g/mol. The molecule has 0 amide bonds. The SMILES string of the molecule is CN(C)CC(N)=Nc1cccc(CN)c1. The number of nitrogens with zero attached hydrogens (tertiary/aromatic N) is 2. The van der Waals surface area contributed by atoms with E-state index in [4.69, 9.17) is 11.5 Å². The zero-order valence-corrected chi connectivity index (χ0v) is 9.27. The van der Waals surface area contributed by atoms with Crippen molar-refractivity contribution in [1.29, 1.82) is 0 Å². The maximum absolute atomic E-state index is 5.78. The molecule has 0 heterocycles. The number of rotatable bonds is 4. The van der Waals surface area contributed by atoms with Gasteiger partial charge in [-0.25, -0.2) is 4.99 Å². The van der Waals surface area contributed by atoms with E-state index in [9.17, 15) is 0 Å². The highest BCUT2D eigenvalue weighted by atomic mass is 15.1. The van der Waals surface area contributed by atoms with E-state index >= 15 is 0 Å². The van der Waals surface area contributed by atoms with Gasteiger partial charge in [0.25, 0.3) is 0 Å². The van der Waals surface area contributed by atoms with E-state index in [2.05, 4.69) is 4.99 Å². The summed E-state index contributed by atoms with van der Waals surface area (Å²) in [5.41, 5.74) is 13.2. The molecule has 1 aromatic carbocycles. The van der Waals surface area contributed by atoms with Gasteiger partial charge in [-0.1, -0.05) is 12.1 Å². The fourth-order valence-electron chi connectivity index (χ4n) is 1.28. The Labute approximate surface area is 90.6 Å². The molecule has 0 fully saturated rings. The molecule has 0 radical (unpaired) electrons. The lowest BCUT2D eigenvalue weighted by Crippen LogP contribution is -2.27. The van der Waals surface area contributed by atoms with E-state index in [1.54, 1.807) is 0 Å². The highest BCUT2D eigenvalue weighted by Crippen LogP contribution is 2.13. The molecule has 4 nitrogen and oxygen atoms in total. The third-order valence-corrected chi connectivity index (χ3v) is 1.90. The Hall–Kier alpha value is -1.39. The Morgan fingerprint density at radius 2 is 2.13 bits per heavy atom. The van der Waals surface area contributed by atoms with Crippen LogP contribution in [0.4, 0.5) is 5.69 Å². The molecule has 1 aromatic rings. The summed E-state index contributed by atoms with van der Waals surface area (Å²) < 4.78 is 0. The second-order valence-corrected chi connectivity index (χ2v) is 3.71. The van der Waals surface area contributed by atoms with Crippen LogP contribution in [-0.2, 0) is 6.54 Å². The van der Waals surface area contributed by atoms with Gasteiger partial charge in [0.1, 0.15) is 5.84 Å². The molecule has 82 valence electrons. The number of nitrogens with two attached hydrogens (primary N) is 2. The summed E-state index contributed by atoms with van der Waals surface area (Å²) >= 11 is 0. The third-order valence-electron chi connectivity index (χ3n) is 1.90. The maximum atomic E-state index is 5.78. The van der Waals surface area contributed by atoms with Gasteiger partial charge < -0.3 is 16.4 Å². The van der Waals surface area contributed by atoms with Crippen LogP contribution in [0, 0.1) is 0 Å². The number of likely N-dealkylation sites (N-methyl/N-ethyl adjacent to an activating group) is 1. The molecule has 15 heavy (non-hydrogen) atoms. The average molecular weight is 206 g/mol. The second-order valence-electron chi connectivity index (χ2n) is 3.71. The van der Waals surface area contributed by atoms with E-state index in [0.29, 0.717) is 18.9 Å². The van der Waals surface area contributed by atoms with Crippen molar-refractivity contribution >= 4 is 11.5 Å². The molecule has 0 atom stereocenters. The molecule has 0 aromatic heterocycles. The molecule has 0 unspecified atom stereocenters. The molecule has 4 heteroatoms. The Bertz CT molecular complexity index is 344. The minimum absolute atomic E-state index is 0.525. The largest absolute Gasteiger partial charge is 0.386 e. The standard InChI is InChI=1S/C11H18N4/c1-15(2)8-11(13)14-10-5-3-4-9(6-10)7-12/h3-6H,7-8,12H2,1-2H3,(H2,13,14). The number of hydrogen-bond donors (Lipinski definition) is 2. The highest BCUT2D eigenvalue weighted by molar-refractivity contribution is 5.84. The van der Waals surface area contributed by atoms with Crippen molar-refractivity contribution in [2.45, 2.75) is 6.54 Å². The number of benzene rings is 1. The Morgan fingerprint density at radius 3 is 2.73 bits per heavy atom. The maximum Gasteiger partial charge on any atom is 0.114 e. The molecule has 0 saturated carbocycles. The van der Waals surface area contributed by atoms with E-state index < -0.39 is 0 Å². The first kappa shape index (κ1) is 11.7. The van der Waals surface area contributed by atoms with Crippen LogP contribution < -0.4 is 11.5 Å². The van der Waals surface area contributed by atoms with Crippen molar-refractivity contribution in [3.05, 3.63) is 29.8 Å². The minimum Gasteiger partial charge on any atom is -0.386 e. The van der Waals surface area contributed by atoms with Gasteiger partial charge in [0.15, 0.2) is 0 Å². The van der Waals surface area contributed by atoms with Crippen molar-refractivity contribution < 1.29 is 0 Å². The summed E-state index contributed by atoms with van der Waals surface area (Å²) in [6.07, 6.45) is 0. The van der Waals surface area contributed by atoms with Gasteiger partial charge in [-0.3, -0.25) is 0 Å². The van der Waals surface area contributed by atoms with Crippen LogP contribution in [-0.4, -0.2) is 31.4 Å². The van der Waals surface area contributed by atoms with Crippen molar-refractivity contribution in [2.24, 2.45) is 16.5 Å². The van der Waals surface area contributed by atoms with Gasteiger partial charge in [0, 0.05) is 6.54 Å². The van der Waals surface area contributed by atoms with E-state index in [1.165, 1.54) is 0 Å². The summed E-state index contributed by atoms with van der Waals surface area (Å²) in [5, 5.41) is 0. The van der Waals surface area contributed by atoms with Crippen LogP contribution in [0.25, 0.3) is 0 Å². The molecule has 0 aliphatic heterocycles. The fraction of sp³-hybridized carbons (Fsp3) is 0.364. The molecular formula is C11H18N4. The summed E-state index contributed by atoms with van der Waals surface area (Å²) in [4.78, 5) is 6.28. The fourth-order valence-corrected chi connectivity index (χ4v) is 1.28. The quantitative estimate of drug-likeness (QED) is 0.563. The lowest BCUT2D eigenvalue weighted by atomic mass is 10.2. The second kappa shape index (κ2) is 5.48. The molecule has 0 spiro atoms. The van der Waals surface area contributed by atoms with Crippen LogP contribution in [0.2, 0.25) is 0 Å². The van der Waals surface area contributed by atoms with Crippen molar-refractivity contribution in [1.82, 2.24) is 4.90 Å². The number of hydrogen-bond acceptors (Lipinski definition) is 3. The van der Waals surface area contributed by atoms with Gasteiger partial charge in [-0.05, 0) is 31.8 Å². The summed E-state index contributed by atoms with van der Waals surface area (Å²) in [6.45, 7) is 1.18. The normalized spacial score (nSPS) is 12.1. The van der Waals surface area contributed by atoms with Crippen LogP contribution in [0.15, 0.2) is 29.3 Å². The van der Waals surface area contributed by atoms with Crippen LogP contribution in [0.3, 0.4) is 0 Å². The first-order valence-corrected chi connectivity index (χ1v) is 4.88. The Balaban J connectivity index is 2.78. The Kier molecular flexibility index (Phi) is 4.27. The summed E-state index contributed by atoms with van der Waals surface area (Å²) in [5.74, 6) is 0.606. The van der Waals surface area contributed by atoms with E-state index in [1.807, 2.05) is 43.3 Å². The summed E-state index contributed by atoms with van der Waals surface area (Å²) in [7, 11) is 3.91. The molecule has 0 aliphatic carbocycles. The van der Waals surface area contributed by atoms with Gasteiger partial charge in [0.05, 0.1) is 12.2 Å². The zero-order valence-electron chi connectivity index (χ0n) is 9.27. The predicted molar refractivity (Wildman–Crippen MR) is 64.2 cm³/mol.